The number of benzene rings is 1. The number of ketones is 1. The second-order valence-electron chi connectivity index (χ2n) is 37.6. The van der Waals surface area contributed by atoms with Gasteiger partial charge in [-0.2, -0.15) is 0 Å². The number of ether oxygens (including phenoxy) is 4. The van der Waals surface area contributed by atoms with Crippen LogP contribution in [0.2, 0.25) is 0 Å². The Hall–Kier alpha value is -13.7. The zero-order valence-electron chi connectivity index (χ0n) is 84.9. The zero-order chi connectivity index (χ0) is 111. The maximum Gasteiger partial charge on any atom is 0.305 e. The number of guanidine groups is 1. The molecule has 7 rings (SSSR count). The van der Waals surface area contributed by atoms with Gasteiger partial charge in [-0.25, -0.2) is 4.98 Å². The number of likely N-dealkylation sites (N-methyl/N-ethyl adjacent to an activating group) is 1. The second-order valence-corrected chi connectivity index (χ2v) is 37.6. The first-order valence-electron chi connectivity index (χ1n) is 49.4. The number of nitrogens with one attached hydrogen (secondary N) is 18. The van der Waals surface area contributed by atoms with Crippen molar-refractivity contribution in [1.29, 1.82) is 5.41 Å². The number of aliphatic carboxylic acids is 2. The fraction of sp³-hybridized carbons (Fsp3) is 0.667. The summed E-state index contributed by atoms with van der Waals surface area (Å²) in [6.07, 6.45) is -18.7. The van der Waals surface area contributed by atoms with E-state index in [1.807, 2.05) is 0 Å². The van der Waals surface area contributed by atoms with Gasteiger partial charge in [0.05, 0.1) is 51.3 Å². The number of carboxylic acid groups (broad SMARTS) is 2. The van der Waals surface area contributed by atoms with E-state index in [0.29, 0.717) is 24.9 Å². The van der Waals surface area contributed by atoms with Gasteiger partial charge in [-0.15, -0.1) is 0 Å². The molecule has 1 aromatic carbocycles. The first-order valence-corrected chi connectivity index (χ1v) is 49.4. The number of nitrogens with zero attached hydrogens (tertiary/aromatic N) is 4. The van der Waals surface area contributed by atoms with Gasteiger partial charge < -0.3 is 180 Å². The molecule has 29 N–H and O–H groups in total. The lowest BCUT2D eigenvalue weighted by atomic mass is 9.94. The number of carbonyl (C=O) groups is 21. The van der Waals surface area contributed by atoms with Crippen LogP contribution >= 0.6 is 0 Å². The molecule has 0 radical (unpaired) electrons. The predicted octanol–water partition coefficient (Wildman–Crippen LogP) is -11.5. The van der Waals surface area contributed by atoms with E-state index in [0.717, 1.165) is 39.5 Å². The van der Waals surface area contributed by atoms with E-state index in [9.17, 15) is 137 Å². The van der Waals surface area contributed by atoms with Gasteiger partial charge in [0.25, 0.3) is 0 Å². The number of aliphatic hydroxyl groups excluding tert-OH is 7. The van der Waals surface area contributed by atoms with Crippen molar-refractivity contribution in [2.45, 2.75) is 330 Å². The standard InChI is InChI=1S/C93H143N23O34/c1-11-97-82(138)59-24-17-31-114(59)89(145)46(6)102-83(139)60-25-19-33-116(60)90(146)54(23-16-30-98-93(94)95)107-86(142)69(47(7)121)112-80(136)57(36-67(128)129)109-84(140)61-26-18-32-115(61)88(144)45(5)101-81(137)58(39-117)110-87(143)70(48(8)147-92-72(104-50(10)123)76(74(131)63(41-119)149-92)150-91-71(103-49(9)122)75(132)73(130)62(40-118)148-91)113-85(141)68(43(2)3)111-65(125)38-99-77(133)56(35-52-37-96-42-100-52)108-78(134)53(28-29-66(126)127)106-79(135)55(34-51-21-13-12-14-22-51)105-64(124)27-15-20-44(4)120/h12-14,21-22,37,42-43,45-48,53-63,68-76,91-92,117-119,121,130-132H,11,15-20,23-36,38-41H2,1-10H3,(H,96,100)(H,97,138)(H,99,133)(H,101,137)(H,102,139)(H,103,122)(H,104,123)(H,105,124)(H,106,135)(H,107,142)(H,108,134)(H,109,140)(H,110,143)(H,111,125)(H,112,136)(H,113,141)(H,126,127)(H,128,129)(H4,94,95,98)/t45?,46?,47?,48?,53?,54?,55?,56?,57?,58?,59?,60?,61?,62-,63-,68?,69?,70?,71?,72?,73+,74-,75?,76?,91-,92-/m0/s1. The first kappa shape index (κ1) is 123. The molecule has 0 aliphatic carbocycles. The van der Waals surface area contributed by atoms with Crippen molar-refractivity contribution >= 4 is 130 Å². The molecule has 57 nitrogen and oxygen atoms in total. The Labute approximate surface area is 862 Å². The highest BCUT2D eigenvalue weighted by molar-refractivity contribution is 6.02. The Morgan fingerprint density at radius 3 is 1.58 bits per heavy atom. The van der Waals surface area contributed by atoms with Gasteiger partial charge in [0.1, 0.15) is 139 Å². The minimum Gasteiger partial charge on any atom is -0.481 e. The van der Waals surface area contributed by atoms with E-state index >= 15 is 9.59 Å². The van der Waals surface area contributed by atoms with Crippen molar-refractivity contribution in [3.63, 3.8) is 0 Å². The molecular weight excluding hydrogens is 1980 g/mol. The number of nitrogens with two attached hydrogens (primary N) is 1. The number of aromatic nitrogens is 2. The van der Waals surface area contributed by atoms with Crippen LogP contribution in [0.5, 0.6) is 0 Å². The number of Topliss-reactive ketones (excluding diaryl/α,β-unsaturated/α-hetero) is 1. The summed E-state index contributed by atoms with van der Waals surface area (Å²) < 4.78 is 24.3. The summed E-state index contributed by atoms with van der Waals surface area (Å²) in [6.45, 7) is 8.31. The molecule has 5 fully saturated rings. The number of carbonyl (C=O) groups excluding carboxylic acids is 19. The van der Waals surface area contributed by atoms with Crippen molar-refractivity contribution in [2.24, 2.45) is 11.7 Å². The van der Waals surface area contributed by atoms with E-state index in [1.165, 1.54) is 50.0 Å². The van der Waals surface area contributed by atoms with Crippen LogP contribution in [0.1, 0.15) is 170 Å². The number of imidazole rings is 1. The van der Waals surface area contributed by atoms with Crippen molar-refractivity contribution in [3.05, 3.63) is 54.1 Å². The molecule has 0 spiro atoms. The second kappa shape index (κ2) is 59.7. The summed E-state index contributed by atoms with van der Waals surface area (Å²) in [5, 5.41) is 143. The van der Waals surface area contributed by atoms with Crippen molar-refractivity contribution in [3.8, 4) is 0 Å². The average molecular weight is 2130 g/mol. The quantitative estimate of drug-likeness (QED) is 0.0166. The molecule has 5 saturated heterocycles. The number of likely N-dealkylation sites (tertiary alicyclic amines) is 3. The number of hydrogen-bond acceptors (Lipinski definition) is 34. The van der Waals surface area contributed by atoms with E-state index in [-0.39, 0.29) is 108 Å². The van der Waals surface area contributed by atoms with Crippen LogP contribution in [0.15, 0.2) is 42.9 Å². The predicted molar refractivity (Wildman–Crippen MR) is 517 cm³/mol. The molecule has 0 bridgehead atoms. The Bertz CT molecular complexity index is 5030. The lowest BCUT2D eigenvalue weighted by Crippen LogP contribution is -2.70. The number of aliphatic hydroxyl groups is 7. The van der Waals surface area contributed by atoms with E-state index < -0.39 is 334 Å². The van der Waals surface area contributed by atoms with Crippen molar-refractivity contribution in [2.75, 3.05) is 59.1 Å². The minimum atomic E-state index is -2.25. The maximum atomic E-state index is 15.3. The topological polar surface area (TPSA) is 858 Å². The largest absolute Gasteiger partial charge is 0.481 e. The number of H-pyrrole nitrogens is 1. The highest BCUT2D eigenvalue weighted by atomic mass is 16.7. The first-order chi connectivity index (χ1) is 70.9. The summed E-state index contributed by atoms with van der Waals surface area (Å²) in [7, 11) is 0. The molecule has 5 aliphatic heterocycles. The van der Waals surface area contributed by atoms with Crippen molar-refractivity contribution in [1.82, 2.24) is 110 Å². The van der Waals surface area contributed by atoms with Crippen LogP contribution in [0.4, 0.5) is 0 Å². The van der Waals surface area contributed by atoms with Gasteiger partial charge in [0, 0.05) is 90.6 Å². The molecular formula is C93H143N23O34. The van der Waals surface area contributed by atoms with Gasteiger partial charge in [0.2, 0.25) is 106 Å². The summed E-state index contributed by atoms with van der Waals surface area (Å²) in [5.74, 6) is -22.9. The molecule has 20 unspecified atom stereocenters. The SMILES string of the molecule is CCNC(=O)C1CCCN1C(=O)C(C)NC(=O)C1CCCN1C(=O)C(CCCNC(=N)N)NC(=O)C(NC(=O)C(CC(=O)O)NC(=O)C1CCCN1C(=O)C(C)NC(=O)C(CO)NC(=O)C(NC(=O)C(NC(=O)CNC(=O)C(Cc1cnc[nH]1)NC(=O)C(CCC(=O)O)NC(=O)C(Cc1ccccc1)NC(=O)CCCC(C)=O)C(C)C)C(C)O[C@H]1O[C@@H](CO)[C@H](O)C(O[C@@H]2O[C@@H](CO)[C@@H](O)C(O)C2NC(C)=O)C1NC(C)=O)C(C)O. The Morgan fingerprint density at radius 2 is 1.03 bits per heavy atom. The highest BCUT2D eigenvalue weighted by Gasteiger charge is 2.54. The van der Waals surface area contributed by atoms with Gasteiger partial charge in [-0.3, -0.25) is 101 Å². The smallest absolute Gasteiger partial charge is 0.305 e. The summed E-state index contributed by atoms with van der Waals surface area (Å²) in [5.41, 5.74) is 6.26. The molecule has 57 heteroatoms. The molecule has 834 valence electrons. The molecule has 150 heavy (non-hydrogen) atoms. The van der Waals surface area contributed by atoms with Crippen LogP contribution < -0.4 is 90.8 Å². The van der Waals surface area contributed by atoms with Gasteiger partial charge >= 0.3 is 11.9 Å². The third-order valence-electron chi connectivity index (χ3n) is 25.4. The van der Waals surface area contributed by atoms with Gasteiger partial charge in [-0.05, 0) is 117 Å². The third-order valence-corrected chi connectivity index (χ3v) is 25.4. The van der Waals surface area contributed by atoms with Crippen LogP contribution in [0.25, 0.3) is 0 Å². The number of amides is 18. The van der Waals surface area contributed by atoms with E-state index in [1.54, 1.807) is 37.3 Å². The van der Waals surface area contributed by atoms with E-state index in [4.69, 9.17) is 30.1 Å². The fourth-order valence-corrected chi connectivity index (χ4v) is 17.6. The molecule has 18 amide bonds. The summed E-state index contributed by atoms with van der Waals surface area (Å²) in [4.78, 5) is 301. The Morgan fingerprint density at radius 1 is 0.507 bits per heavy atom. The lowest BCUT2D eigenvalue weighted by Gasteiger charge is -2.48. The van der Waals surface area contributed by atoms with Gasteiger partial charge in [0.15, 0.2) is 18.5 Å². The number of aromatic amines is 1. The normalized spacial score (nSPS) is 23.0. The molecule has 0 saturated carbocycles. The van der Waals surface area contributed by atoms with Crippen LogP contribution in [0.3, 0.4) is 0 Å². The Kier molecular flexibility index (Phi) is 49.0. The zero-order valence-corrected chi connectivity index (χ0v) is 84.9. The molecule has 6 heterocycles. The lowest BCUT2D eigenvalue weighted by molar-refractivity contribution is -0.332. The highest BCUT2D eigenvalue weighted by Crippen LogP contribution is 2.32. The fourth-order valence-electron chi connectivity index (χ4n) is 17.6. The van der Waals surface area contributed by atoms with Crippen LogP contribution in [0, 0.1) is 11.3 Å². The summed E-state index contributed by atoms with van der Waals surface area (Å²) >= 11 is 0. The number of carboxylic acids is 2. The van der Waals surface area contributed by atoms with Crippen molar-refractivity contribution < 1.29 is 166 Å². The van der Waals surface area contributed by atoms with Crippen LogP contribution in [-0.4, -0.2) is 418 Å². The maximum absolute atomic E-state index is 15.3. The molecule has 2 aromatic rings. The summed E-state index contributed by atoms with van der Waals surface area (Å²) in [6, 6.07) is -18.3. The van der Waals surface area contributed by atoms with Gasteiger partial charge in [-0.1, -0.05) is 44.2 Å². The number of rotatable bonds is 57. The third kappa shape index (κ3) is 36.6. The minimum absolute atomic E-state index is 0.0212. The molecule has 26 atom stereocenters. The monoisotopic (exact) mass is 2130 g/mol. The van der Waals surface area contributed by atoms with Crippen LogP contribution in [-0.2, 0) is 132 Å². The molecule has 5 aliphatic rings. The average Bonchev–Trinajstić information content (AvgIpc) is 0.885. The number of hydrogen-bond donors (Lipinski definition) is 28. The molecule has 1 aromatic heterocycles. The van der Waals surface area contributed by atoms with E-state index in [2.05, 4.69) is 95.0 Å². The Balaban J connectivity index is 1.11.